The van der Waals surface area contributed by atoms with Crippen molar-refractivity contribution in [1.82, 2.24) is 19.4 Å². The number of hydrogen-bond donors (Lipinski definition) is 0. The van der Waals surface area contributed by atoms with E-state index in [9.17, 15) is 18.4 Å². The van der Waals surface area contributed by atoms with Crippen LogP contribution in [0.5, 0.6) is 5.75 Å². The Morgan fingerprint density at radius 1 is 1.19 bits per heavy atom. The predicted octanol–water partition coefficient (Wildman–Crippen LogP) is 6.15. The number of benzene rings is 2. The minimum Gasteiger partial charge on any atom is -0.444 e. The minimum absolute atomic E-state index is 0.00544. The molecule has 2 atom stereocenters. The first-order chi connectivity index (χ1) is 21.0. The molecule has 0 spiro atoms. The maximum atomic E-state index is 13.6. The van der Waals surface area contributed by atoms with E-state index in [-0.39, 0.29) is 34.8 Å². The number of nitrogens with zero attached hydrogens (tertiary/aromatic N) is 4. The zero-order chi connectivity index (χ0) is 32.5. The number of alkyl halides is 2. The third-order valence-corrected chi connectivity index (χ3v) is 8.18. The Kier molecular flexibility index (Phi) is 5.83. The summed E-state index contributed by atoms with van der Waals surface area (Å²) in [7, 11) is 0. The van der Waals surface area contributed by atoms with E-state index in [2.05, 4.69) is 18.8 Å². The molecule has 3 aliphatic heterocycles. The lowest BCUT2D eigenvalue weighted by molar-refractivity contribution is -0.0507. The second kappa shape index (κ2) is 10.0. The van der Waals surface area contributed by atoms with Crippen molar-refractivity contribution in [3.05, 3.63) is 58.9 Å². The first-order valence-corrected chi connectivity index (χ1v) is 14.0. The smallest absolute Gasteiger partial charge is 0.410 e. The van der Waals surface area contributed by atoms with Gasteiger partial charge in [-0.15, -0.1) is 0 Å². The number of likely N-dealkylation sites (tertiary alicyclic amines) is 1. The minimum atomic E-state index is -3.14. The Hall–Kier alpha value is -4.13. The first kappa shape index (κ1) is 24.5. The van der Waals surface area contributed by atoms with E-state index in [0.717, 1.165) is 4.90 Å². The number of ether oxygens (including phenoxy) is 2. The standard InChI is InChI=1S/C32H34F2N4O4/c1-31(2,3)42-30(40)37-15-13-32(4,14-16-37)12-11-19-9-10-21-22(17-19)38-23-18-24(27(38)35-21)36(5)28(39)20-7-6-8-25(26(20)23)41-29(33)34/h6-10,17,23-24,29H,13-16,18H2,1-5H3/t23-,24-/m1/s1/i5D3. The average Bonchev–Trinajstić information content (AvgIpc) is 3.43. The zero-order valence-corrected chi connectivity index (χ0v) is 23.9. The first-order valence-electron chi connectivity index (χ1n) is 15.5. The van der Waals surface area contributed by atoms with Crippen LogP contribution in [0.3, 0.4) is 0 Å². The van der Waals surface area contributed by atoms with Crippen molar-refractivity contribution in [2.75, 3.05) is 20.1 Å². The second-order valence-corrected chi connectivity index (χ2v) is 12.4. The summed E-state index contributed by atoms with van der Waals surface area (Å²) in [5, 5.41) is 0. The number of fused-ring (bicyclic) bond motifs is 9. The molecule has 6 rings (SSSR count). The van der Waals surface area contributed by atoms with Crippen molar-refractivity contribution in [2.45, 2.75) is 71.3 Å². The highest BCUT2D eigenvalue weighted by Gasteiger charge is 2.45. The molecule has 8 nitrogen and oxygen atoms in total. The van der Waals surface area contributed by atoms with Crippen molar-refractivity contribution in [1.29, 1.82) is 0 Å². The topological polar surface area (TPSA) is 76.9 Å². The quantitative estimate of drug-likeness (QED) is 0.341. The summed E-state index contributed by atoms with van der Waals surface area (Å²) >= 11 is 0. The summed E-state index contributed by atoms with van der Waals surface area (Å²) < 4.78 is 63.6. The number of halogens is 2. The van der Waals surface area contributed by atoms with Gasteiger partial charge in [0, 0.05) is 52.7 Å². The lowest BCUT2D eigenvalue weighted by Gasteiger charge is -2.36. The number of rotatable bonds is 2. The van der Waals surface area contributed by atoms with Gasteiger partial charge in [-0.3, -0.25) is 4.79 Å². The molecular formula is C32H34F2N4O4. The Morgan fingerprint density at radius 3 is 2.64 bits per heavy atom. The summed E-state index contributed by atoms with van der Waals surface area (Å²) in [4.78, 5) is 33.4. The molecule has 0 radical (unpaired) electrons. The molecular weight excluding hydrogens is 542 g/mol. The molecule has 2 aromatic carbocycles. The summed E-state index contributed by atoms with van der Waals surface area (Å²) in [6.07, 6.45) is 1.16. The number of carbonyl (C=O) groups is 2. The van der Waals surface area contributed by atoms with E-state index in [4.69, 9.17) is 18.6 Å². The van der Waals surface area contributed by atoms with Gasteiger partial charge >= 0.3 is 12.7 Å². The SMILES string of the molecule is [2H]C([2H])([2H])N1C(=O)c2cccc(OC(F)F)c2[C@H]2C[C@@H]1c1nc3ccc(C#CC4(C)CCN(C(=O)OC(C)(C)C)CC4)cc3n12. The van der Waals surface area contributed by atoms with Gasteiger partial charge in [0.2, 0.25) is 0 Å². The van der Waals surface area contributed by atoms with Crippen LogP contribution in [0.2, 0.25) is 0 Å². The van der Waals surface area contributed by atoms with Gasteiger partial charge in [-0.2, -0.15) is 8.78 Å². The van der Waals surface area contributed by atoms with Crippen molar-refractivity contribution < 1.29 is 32.0 Å². The van der Waals surface area contributed by atoms with E-state index in [1.165, 1.54) is 18.2 Å². The Bertz CT molecular complexity index is 1750. The van der Waals surface area contributed by atoms with Gasteiger partial charge in [0.1, 0.15) is 17.2 Å². The highest BCUT2D eigenvalue weighted by atomic mass is 19.3. The number of amides is 2. The number of hydrogen-bond acceptors (Lipinski definition) is 5. The van der Waals surface area contributed by atoms with Gasteiger partial charge in [0.25, 0.3) is 5.91 Å². The van der Waals surface area contributed by atoms with Crippen LogP contribution >= 0.6 is 0 Å². The van der Waals surface area contributed by atoms with Gasteiger partial charge in [-0.25, -0.2) is 9.78 Å². The van der Waals surface area contributed by atoms with E-state index in [0.29, 0.717) is 48.4 Å². The number of piperidine rings is 1. The molecule has 2 bridgehead atoms. The molecule has 4 heterocycles. The molecule has 42 heavy (non-hydrogen) atoms. The predicted molar refractivity (Wildman–Crippen MR) is 152 cm³/mol. The zero-order valence-electron chi connectivity index (χ0n) is 26.9. The Labute approximate surface area is 247 Å². The maximum Gasteiger partial charge on any atom is 0.410 e. The fourth-order valence-corrected chi connectivity index (χ4v) is 6.04. The summed E-state index contributed by atoms with van der Waals surface area (Å²) in [6, 6.07) is 8.10. The number of aromatic nitrogens is 2. The third kappa shape index (κ3) is 4.95. The number of carbonyl (C=O) groups excluding carboxylic acids is 2. The van der Waals surface area contributed by atoms with Crippen LogP contribution < -0.4 is 4.74 Å². The van der Waals surface area contributed by atoms with E-state index >= 15 is 0 Å². The van der Waals surface area contributed by atoms with Crippen molar-refractivity contribution in [3.63, 3.8) is 0 Å². The Balaban J connectivity index is 1.37. The highest BCUT2D eigenvalue weighted by Crippen LogP contribution is 2.50. The summed E-state index contributed by atoms with van der Waals surface area (Å²) in [6.45, 7) is 2.70. The summed E-state index contributed by atoms with van der Waals surface area (Å²) in [5.41, 5.74) is 1.22. The summed E-state index contributed by atoms with van der Waals surface area (Å²) in [5.74, 6) is 6.07. The van der Waals surface area contributed by atoms with Gasteiger partial charge in [-0.1, -0.05) is 17.9 Å². The molecule has 2 amide bonds. The van der Waals surface area contributed by atoms with Crippen LogP contribution in [-0.4, -0.2) is 63.6 Å². The van der Waals surface area contributed by atoms with Crippen LogP contribution in [0.25, 0.3) is 11.0 Å². The molecule has 1 fully saturated rings. The number of imidazole rings is 1. The maximum absolute atomic E-state index is 13.6. The molecule has 0 saturated carbocycles. The van der Waals surface area contributed by atoms with Gasteiger partial charge in [-0.05, 0) is 70.9 Å². The van der Waals surface area contributed by atoms with Crippen molar-refractivity contribution in [2.24, 2.45) is 5.41 Å². The molecule has 1 aromatic heterocycles. The Morgan fingerprint density at radius 2 is 1.95 bits per heavy atom. The van der Waals surface area contributed by atoms with Crippen LogP contribution in [0.1, 0.15) is 90.5 Å². The van der Waals surface area contributed by atoms with E-state index in [1.54, 1.807) is 11.0 Å². The second-order valence-electron chi connectivity index (χ2n) is 12.4. The van der Waals surface area contributed by atoms with Crippen LogP contribution in [0.15, 0.2) is 36.4 Å². The molecule has 3 aromatic rings. The van der Waals surface area contributed by atoms with Crippen LogP contribution in [0.4, 0.5) is 13.6 Å². The molecule has 3 aliphatic rings. The van der Waals surface area contributed by atoms with E-state index < -0.39 is 37.2 Å². The lowest BCUT2D eigenvalue weighted by atomic mass is 9.81. The van der Waals surface area contributed by atoms with Crippen LogP contribution in [-0.2, 0) is 4.74 Å². The average molecular weight is 580 g/mol. The van der Waals surface area contributed by atoms with Crippen molar-refractivity contribution in [3.8, 4) is 17.6 Å². The fraction of sp³-hybridized carbons (Fsp3) is 0.469. The molecule has 220 valence electrons. The third-order valence-electron chi connectivity index (χ3n) is 8.18. The van der Waals surface area contributed by atoms with E-state index in [1.807, 2.05) is 37.5 Å². The molecule has 10 heteroatoms. The van der Waals surface area contributed by atoms with Crippen molar-refractivity contribution >= 4 is 23.0 Å². The molecule has 0 N–H and O–H groups in total. The molecule has 0 unspecified atom stereocenters. The lowest BCUT2D eigenvalue weighted by Crippen LogP contribution is -2.44. The normalized spacial score (nSPS) is 22.4. The fourth-order valence-electron chi connectivity index (χ4n) is 6.04. The monoisotopic (exact) mass is 579 g/mol. The van der Waals surface area contributed by atoms with Crippen LogP contribution in [0, 0.1) is 17.3 Å². The van der Waals surface area contributed by atoms with Gasteiger partial charge in [0.05, 0.1) is 23.1 Å². The van der Waals surface area contributed by atoms with Gasteiger partial charge in [0.15, 0.2) is 0 Å². The van der Waals surface area contributed by atoms with Gasteiger partial charge < -0.3 is 23.8 Å². The highest BCUT2D eigenvalue weighted by molar-refractivity contribution is 5.97. The molecule has 0 aliphatic carbocycles. The largest absolute Gasteiger partial charge is 0.444 e. The molecule has 1 saturated heterocycles.